The van der Waals surface area contributed by atoms with Gasteiger partial charge in [0.15, 0.2) is 0 Å². The highest BCUT2D eigenvalue weighted by molar-refractivity contribution is 5.94. The lowest BCUT2D eigenvalue weighted by atomic mass is 9.73. The van der Waals surface area contributed by atoms with Crippen molar-refractivity contribution in [2.45, 2.75) is 37.3 Å². The molecule has 120 valence electrons. The van der Waals surface area contributed by atoms with Gasteiger partial charge >= 0.3 is 0 Å². The lowest BCUT2D eigenvalue weighted by molar-refractivity contribution is 0.0872. The second-order valence-corrected chi connectivity index (χ2v) is 6.53. The topological polar surface area (TPSA) is 71.8 Å². The fourth-order valence-electron chi connectivity index (χ4n) is 3.73. The van der Waals surface area contributed by atoms with Crippen LogP contribution in [0.1, 0.15) is 36.2 Å². The van der Waals surface area contributed by atoms with Gasteiger partial charge in [-0.1, -0.05) is 0 Å². The molecule has 2 aromatic rings. The van der Waals surface area contributed by atoms with Crippen LogP contribution >= 0.6 is 0 Å². The van der Waals surface area contributed by atoms with Crippen LogP contribution in [0.25, 0.3) is 11.3 Å². The summed E-state index contributed by atoms with van der Waals surface area (Å²) in [6.07, 6.45) is 8.04. The predicted molar refractivity (Wildman–Crippen MR) is 86.9 cm³/mol. The molecule has 1 unspecified atom stereocenters. The highest BCUT2D eigenvalue weighted by Crippen LogP contribution is 2.39. The van der Waals surface area contributed by atoms with E-state index in [9.17, 15) is 4.79 Å². The monoisotopic (exact) mass is 311 g/mol. The van der Waals surface area contributed by atoms with Gasteiger partial charge in [0.1, 0.15) is 5.69 Å². The molecule has 0 bridgehead atoms. The SMILES string of the molecule is Cn1nc(-c2cccnc2)cc1C(=O)NC1CCNC12CCC2. The molecule has 2 N–H and O–H groups in total. The molecule has 2 aromatic heterocycles. The highest BCUT2D eigenvalue weighted by Gasteiger charge is 2.47. The van der Waals surface area contributed by atoms with Gasteiger partial charge < -0.3 is 10.6 Å². The third-order valence-electron chi connectivity index (χ3n) is 5.20. The number of pyridine rings is 1. The molecule has 0 aromatic carbocycles. The number of aryl methyl sites for hydroxylation is 1. The average Bonchev–Trinajstić information content (AvgIpc) is 3.11. The summed E-state index contributed by atoms with van der Waals surface area (Å²) < 4.78 is 1.65. The van der Waals surface area contributed by atoms with Crippen molar-refractivity contribution in [2.75, 3.05) is 6.54 Å². The number of hydrogen-bond donors (Lipinski definition) is 2. The highest BCUT2D eigenvalue weighted by atomic mass is 16.2. The third-order valence-corrected chi connectivity index (χ3v) is 5.20. The summed E-state index contributed by atoms with van der Waals surface area (Å²) in [6.45, 7) is 0.983. The van der Waals surface area contributed by atoms with Gasteiger partial charge in [0.25, 0.3) is 5.91 Å². The second kappa shape index (κ2) is 5.45. The number of aromatic nitrogens is 3. The Morgan fingerprint density at radius 2 is 2.35 bits per heavy atom. The Morgan fingerprint density at radius 3 is 3.04 bits per heavy atom. The number of nitrogens with one attached hydrogen (secondary N) is 2. The van der Waals surface area contributed by atoms with Crippen LogP contribution in [0.2, 0.25) is 0 Å². The minimum atomic E-state index is -0.0462. The van der Waals surface area contributed by atoms with Crippen LogP contribution in [0, 0.1) is 0 Å². The van der Waals surface area contributed by atoms with E-state index in [0.29, 0.717) is 5.69 Å². The first-order valence-corrected chi connectivity index (χ1v) is 8.18. The second-order valence-electron chi connectivity index (χ2n) is 6.53. The molecule has 1 saturated heterocycles. The molecule has 6 nitrogen and oxygen atoms in total. The smallest absolute Gasteiger partial charge is 0.269 e. The van der Waals surface area contributed by atoms with Crippen molar-refractivity contribution in [3.63, 3.8) is 0 Å². The van der Waals surface area contributed by atoms with E-state index in [-0.39, 0.29) is 17.5 Å². The molecule has 1 amide bonds. The van der Waals surface area contributed by atoms with E-state index < -0.39 is 0 Å². The van der Waals surface area contributed by atoms with Gasteiger partial charge in [0.05, 0.1) is 5.69 Å². The summed E-state index contributed by atoms with van der Waals surface area (Å²) in [5.74, 6) is -0.0462. The molecule has 1 atom stereocenters. The molecule has 1 spiro atoms. The lowest BCUT2D eigenvalue weighted by Crippen LogP contribution is -2.59. The van der Waals surface area contributed by atoms with Crippen LogP contribution in [-0.4, -0.2) is 38.8 Å². The Kier molecular flexibility index (Phi) is 3.41. The first kappa shape index (κ1) is 14.4. The fraction of sp³-hybridized carbons (Fsp3) is 0.471. The lowest BCUT2D eigenvalue weighted by Gasteiger charge is -2.43. The number of carbonyl (C=O) groups excluding carboxylic acids is 1. The third kappa shape index (κ3) is 2.43. The maximum absolute atomic E-state index is 12.7. The minimum absolute atomic E-state index is 0.0462. The molecular weight excluding hydrogens is 290 g/mol. The number of hydrogen-bond acceptors (Lipinski definition) is 4. The molecule has 3 heterocycles. The van der Waals surface area contributed by atoms with E-state index in [1.54, 1.807) is 24.1 Å². The maximum Gasteiger partial charge on any atom is 0.269 e. The first-order chi connectivity index (χ1) is 11.2. The zero-order valence-corrected chi connectivity index (χ0v) is 13.2. The van der Waals surface area contributed by atoms with E-state index in [0.717, 1.165) is 37.1 Å². The average molecular weight is 311 g/mol. The van der Waals surface area contributed by atoms with Crippen molar-refractivity contribution >= 4 is 5.91 Å². The zero-order valence-electron chi connectivity index (χ0n) is 13.2. The quantitative estimate of drug-likeness (QED) is 0.901. The van der Waals surface area contributed by atoms with Gasteiger partial charge in [-0.05, 0) is 50.4 Å². The largest absolute Gasteiger partial charge is 0.346 e. The molecule has 2 aliphatic rings. The van der Waals surface area contributed by atoms with Gasteiger partial charge in [-0.3, -0.25) is 14.5 Å². The number of amides is 1. The summed E-state index contributed by atoms with van der Waals surface area (Å²) in [7, 11) is 1.81. The van der Waals surface area contributed by atoms with E-state index in [2.05, 4.69) is 20.7 Å². The van der Waals surface area contributed by atoms with Crippen LogP contribution < -0.4 is 10.6 Å². The Labute approximate surface area is 135 Å². The molecule has 0 radical (unpaired) electrons. The zero-order chi connectivity index (χ0) is 15.9. The van der Waals surface area contributed by atoms with Gasteiger partial charge in [0, 0.05) is 36.6 Å². The van der Waals surface area contributed by atoms with Gasteiger partial charge in [-0.2, -0.15) is 5.10 Å². The number of carbonyl (C=O) groups is 1. The van der Waals surface area contributed by atoms with E-state index in [4.69, 9.17) is 0 Å². The molecule has 1 aliphatic carbocycles. The van der Waals surface area contributed by atoms with E-state index in [1.165, 1.54) is 6.42 Å². The Bertz CT molecular complexity index is 720. The van der Waals surface area contributed by atoms with Crippen molar-refractivity contribution in [3.8, 4) is 11.3 Å². The molecule has 23 heavy (non-hydrogen) atoms. The van der Waals surface area contributed by atoms with Crippen LogP contribution in [0.4, 0.5) is 0 Å². The maximum atomic E-state index is 12.7. The van der Waals surface area contributed by atoms with Gasteiger partial charge in [-0.15, -0.1) is 0 Å². The predicted octanol–water partition coefficient (Wildman–Crippen LogP) is 1.50. The van der Waals surface area contributed by atoms with Crippen LogP contribution in [0.3, 0.4) is 0 Å². The van der Waals surface area contributed by atoms with Crippen molar-refractivity contribution < 1.29 is 4.79 Å². The summed E-state index contributed by atoms with van der Waals surface area (Å²) in [5, 5.41) is 11.2. The van der Waals surface area contributed by atoms with Gasteiger partial charge in [-0.25, -0.2) is 0 Å². The first-order valence-electron chi connectivity index (χ1n) is 8.18. The Balaban J connectivity index is 1.54. The minimum Gasteiger partial charge on any atom is -0.346 e. The summed E-state index contributed by atoms with van der Waals surface area (Å²) in [4.78, 5) is 16.8. The van der Waals surface area contributed by atoms with Crippen molar-refractivity contribution in [1.29, 1.82) is 0 Å². The van der Waals surface area contributed by atoms with Crippen molar-refractivity contribution in [3.05, 3.63) is 36.3 Å². The fourth-order valence-corrected chi connectivity index (χ4v) is 3.73. The van der Waals surface area contributed by atoms with E-state index >= 15 is 0 Å². The summed E-state index contributed by atoms with van der Waals surface area (Å²) in [6, 6.07) is 5.87. The Morgan fingerprint density at radius 1 is 1.48 bits per heavy atom. The standard InChI is InChI=1S/C17H21N5O/c1-22-14(10-13(21-22)12-4-2-8-18-11-12)16(23)20-15-5-9-19-17(15)6-3-7-17/h2,4,8,10-11,15,19H,3,5-7,9H2,1H3,(H,20,23). The number of rotatable bonds is 3. The van der Waals surface area contributed by atoms with Crippen molar-refractivity contribution in [2.24, 2.45) is 7.05 Å². The molecule has 1 aliphatic heterocycles. The summed E-state index contributed by atoms with van der Waals surface area (Å²) >= 11 is 0. The van der Waals surface area contributed by atoms with Crippen LogP contribution in [-0.2, 0) is 7.05 Å². The summed E-state index contributed by atoms with van der Waals surface area (Å²) in [5.41, 5.74) is 2.42. The molecular formula is C17H21N5O. The normalized spacial score (nSPS) is 22.0. The van der Waals surface area contributed by atoms with Gasteiger partial charge in [0.2, 0.25) is 0 Å². The number of nitrogens with zero attached hydrogens (tertiary/aromatic N) is 3. The molecule has 6 heteroatoms. The van der Waals surface area contributed by atoms with E-state index in [1.807, 2.05) is 18.2 Å². The molecule has 1 saturated carbocycles. The molecule has 2 fully saturated rings. The van der Waals surface area contributed by atoms with Crippen molar-refractivity contribution in [1.82, 2.24) is 25.4 Å². The van der Waals surface area contributed by atoms with Crippen LogP contribution in [0.5, 0.6) is 0 Å². The van der Waals surface area contributed by atoms with Crippen LogP contribution in [0.15, 0.2) is 30.6 Å². The molecule has 4 rings (SSSR count). The Hall–Kier alpha value is -2.21.